The predicted molar refractivity (Wildman–Crippen MR) is 50.6 cm³/mol. The van der Waals surface area contributed by atoms with E-state index in [0.717, 1.165) is 11.8 Å². The molecule has 0 spiro atoms. The van der Waals surface area contributed by atoms with Crippen molar-refractivity contribution in [1.82, 2.24) is 0 Å². The van der Waals surface area contributed by atoms with Crippen molar-refractivity contribution in [1.29, 1.82) is 0 Å². The van der Waals surface area contributed by atoms with Gasteiger partial charge in [0.25, 0.3) is 0 Å². The van der Waals surface area contributed by atoms with Crippen molar-refractivity contribution < 1.29 is 0 Å². The van der Waals surface area contributed by atoms with Crippen LogP contribution in [0.2, 0.25) is 0 Å². The van der Waals surface area contributed by atoms with Gasteiger partial charge in [-0.3, -0.25) is 0 Å². The maximum Gasteiger partial charge on any atom is -0.0110 e. The first-order chi connectivity index (χ1) is 5.80. The Kier molecular flexibility index (Phi) is 1.29. The highest BCUT2D eigenvalue weighted by Gasteiger charge is 2.49. The highest BCUT2D eigenvalue weighted by molar-refractivity contribution is 5.17. The topological polar surface area (TPSA) is 0 Å². The monoisotopic (exact) mass is 161 g/mol. The lowest BCUT2D eigenvalue weighted by Gasteiger charge is -2.55. The van der Waals surface area contributed by atoms with Gasteiger partial charge in [-0.2, -0.15) is 0 Å². The van der Waals surface area contributed by atoms with Crippen molar-refractivity contribution in [2.45, 2.75) is 38.5 Å². The van der Waals surface area contributed by atoms with Gasteiger partial charge in [0.1, 0.15) is 0 Å². The molecule has 0 aromatic heterocycles. The van der Waals surface area contributed by atoms with Gasteiger partial charge in [-0.15, -0.1) is 6.58 Å². The minimum Gasteiger partial charge on any atom is -0.103 e. The van der Waals surface area contributed by atoms with Crippen molar-refractivity contribution >= 4 is 0 Å². The third-order valence-electron chi connectivity index (χ3n) is 4.25. The molecule has 4 rings (SSSR count). The highest BCUT2D eigenvalue weighted by atomic mass is 14.5. The number of allylic oxidation sites excluding steroid dienone is 1. The van der Waals surface area contributed by atoms with Gasteiger partial charge >= 0.3 is 0 Å². The normalized spacial score (nSPS) is 51.3. The molecule has 2 unspecified atom stereocenters. The molecule has 0 heterocycles. The van der Waals surface area contributed by atoms with Crippen LogP contribution in [0.4, 0.5) is 0 Å². The van der Waals surface area contributed by atoms with Gasteiger partial charge in [0.05, 0.1) is 0 Å². The molecule has 4 bridgehead atoms. The van der Waals surface area contributed by atoms with Crippen LogP contribution >= 0.6 is 0 Å². The second-order valence-corrected chi connectivity index (χ2v) is 5.28. The fourth-order valence-corrected chi connectivity index (χ4v) is 4.11. The van der Waals surface area contributed by atoms with Crippen molar-refractivity contribution in [2.75, 3.05) is 0 Å². The quantitative estimate of drug-likeness (QED) is 0.517. The van der Waals surface area contributed by atoms with E-state index in [1.165, 1.54) is 38.5 Å². The van der Waals surface area contributed by atoms with E-state index >= 15 is 0 Å². The molecule has 4 aliphatic carbocycles. The molecule has 1 radical (unpaired) electrons. The van der Waals surface area contributed by atoms with Crippen molar-refractivity contribution in [2.24, 2.45) is 17.3 Å². The largest absolute Gasteiger partial charge is 0.103 e. The molecule has 0 aromatic rings. The molecule has 12 heavy (non-hydrogen) atoms. The maximum atomic E-state index is 4.04. The summed E-state index contributed by atoms with van der Waals surface area (Å²) in [7, 11) is 0. The lowest BCUT2D eigenvalue weighted by Crippen LogP contribution is -2.43. The number of hydrogen-bond acceptors (Lipinski definition) is 0. The fraction of sp³-hybridized carbons (Fsp3) is 0.750. The summed E-state index contributed by atoms with van der Waals surface area (Å²) in [5, 5.41) is 0. The first-order valence-electron chi connectivity index (χ1n) is 5.27. The predicted octanol–water partition coefficient (Wildman–Crippen LogP) is 3.35. The van der Waals surface area contributed by atoms with E-state index in [1.54, 1.807) is 0 Å². The zero-order valence-electron chi connectivity index (χ0n) is 7.68. The summed E-state index contributed by atoms with van der Waals surface area (Å²) < 4.78 is 0. The van der Waals surface area contributed by atoms with E-state index in [2.05, 4.69) is 12.7 Å². The first-order valence-corrected chi connectivity index (χ1v) is 5.27. The van der Waals surface area contributed by atoms with Gasteiger partial charge in [-0.1, -0.05) is 6.08 Å². The molecular formula is C12H17. The SMILES string of the molecule is C=CC12C[C]3CC(CC(C3)C1)C2. The van der Waals surface area contributed by atoms with Crippen molar-refractivity contribution in [3.63, 3.8) is 0 Å². The van der Waals surface area contributed by atoms with E-state index < -0.39 is 0 Å². The van der Waals surface area contributed by atoms with Crippen LogP contribution in [0.3, 0.4) is 0 Å². The Bertz CT molecular complexity index is 179. The first kappa shape index (κ1) is 7.17. The molecule has 4 saturated carbocycles. The molecule has 4 aliphatic rings. The van der Waals surface area contributed by atoms with Gasteiger partial charge < -0.3 is 0 Å². The summed E-state index contributed by atoms with van der Waals surface area (Å²) in [6.07, 6.45) is 11.0. The van der Waals surface area contributed by atoms with Crippen LogP contribution in [0.1, 0.15) is 38.5 Å². The van der Waals surface area contributed by atoms with Crippen LogP contribution in [0.5, 0.6) is 0 Å². The molecule has 0 amide bonds. The third kappa shape index (κ3) is 0.841. The Balaban J connectivity index is 1.95. The van der Waals surface area contributed by atoms with E-state index in [9.17, 15) is 0 Å². The lowest BCUT2D eigenvalue weighted by molar-refractivity contribution is 0.0413. The molecule has 4 fully saturated rings. The van der Waals surface area contributed by atoms with E-state index in [-0.39, 0.29) is 0 Å². The lowest BCUT2D eigenvalue weighted by atomic mass is 9.50. The summed E-state index contributed by atoms with van der Waals surface area (Å²) >= 11 is 0. The standard InChI is InChI=1S/C12H17/c1-2-12-6-9-3-10(7-12)5-11(4-9)8-12/h2,9-10H,1,3-8H2. The van der Waals surface area contributed by atoms with Crippen LogP contribution in [-0.4, -0.2) is 0 Å². The Morgan fingerprint density at radius 3 is 2.42 bits per heavy atom. The molecular weight excluding hydrogens is 144 g/mol. The fourth-order valence-electron chi connectivity index (χ4n) is 4.11. The van der Waals surface area contributed by atoms with Crippen molar-refractivity contribution in [3.05, 3.63) is 18.6 Å². The molecule has 65 valence electrons. The summed E-state index contributed by atoms with van der Waals surface area (Å²) in [4.78, 5) is 0. The highest BCUT2D eigenvalue weighted by Crippen LogP contribution is 2.61. The molecule has 0 nitrogen and oxygen atoms in total. The molecule has 0 heteroatoms. The third-order valence-corrected chi connectivity index (χ3v) is 4.25. The second kappa shape index (κ2) is 2.16. The molecule has 2 atom stereocenters. The number of rotatable bonds is 1. The zero-order chi connectivity index (χ0) is 8.18. The van der Waals surface area contributed by atoms with Gasteiger partial charge in [-0.05, 0) is 61.7 Å². The van der Waals surface area contributed by atoms with Crippen molar-refractivity contribution in [3.8, 4) is 0 Å². The van der Waals surface area contributed by atoms with E-state index in [0.29, 0.717) is 5.41 Å². The molecule has 0 aliphatic heterocycles. The Morgan fingerprint density at radius 1 is 1.25 bits per heavy atom. The maximum absolute atomic E-state index is 4.04. The van der Waals surface area contributed by atoms with Crippen LogP contribution in [0.25, 0.3) is 0 Å². The minimum absolute atomic E-state index is 0.569. The Morgan fingerprint density at radius 2 is 1.92 bits per heavy atom. The average Bonchev–Trinajstić information content (AvgIpc) is 2.02. The minimum atomic E-state index is 0.569. The summed E-state index contributed by atoms with van der Waals surface area (Å²) in [6, 6.07) is 0. The van der Waals surface area contributed by atoms with Gasteiger partial charge in [-0.25, -0.2) is 0 Å². The summed E-state index contributed by atoms with van der Waals surface area (Å²) in [6.45, 7) is 4.04. The zero-order valence-corrected chi connectivity index (χ0v) is 7.68. The van der Waals surface area contributed by atoms with Gasteiger partial charge in [0.2, 0.25) is 0 Å². The average molecular weight is 161 g/mol. The summed E-state index contributed by atoms with van der Waals surface area (Å²) in [5.74, 6) is 3.95. The smallest absolute Gasteiger partial charge is 0.0110 e. The molecule has 0 N–H and O–H groups in total. The van der Waals surface area contributed by atoms with Gasteiger partial charge in [0, 0.05) is 0 Å². The molecule has 0 aromatic carbocycles. The summed E-state index contributed by atoms with van der Waals surface area (Å²) in [5.41, 5.74) is 0.569. The molecule has 0 saturated heterocycles. The van der Waals surface area contributed by atoms with Crippen LogP contribution < -0.4 is 0 Å². The van der Waals surface area contributed by atoms with E-state index in [4.69, 9.17) is 0 Å². The van der Waals surface area contributed by atoms with Crippen LogP contribution in [0.15, 0.2) is 12.7 Å². The number of hydrogen-bond donors (Lipinski definition) is 0. The van der Waals surface area contributed by atoms with E-state index in [1.807, 2.05) is 5.92 Å². The second-order valence-electron chi connectivity index (χ2n) is 5.28. The Labute approximate surface area is 75.0 Å². The van der Waals surface area contributed by atoms with Crippen LogP contribution in [0, 0.1) is 23.2 Å². The van der Waals surface area contributed by atoms with Crippen LogP contribution in [-0.2, 0) is 0 Å². The Hall–Kier alpha value is -0.260. The van der Waals surface area contributed by atoms with Gasteiger partial charge in [0.15, 0.2) is 0 Å².